The van der Waals surface area contributed by atoms with E-state index in [2.05, 4.69) is 169 Å². The zero-order chi connectivity index (χ0) is 29.7. The Labute approximate surface area is 266 Å². The number of benzene rings is 6. The number of para-hydroxylation sites is 1. The molecule has 210 valence electrons. The first-order chi connectivity index (χ1) is 22.3. The number of rotatable bonds is 4. The van der Waals surface area contributed by atoms with Crippen molar-refractivity contribution in [1.29, 1.82) is 0 Å². The van der Waals surface area contributed by atoms with Gasteiger partial charge in [0.1, 0.15) is 0 Å². The van der Waals surface area contributed by atoms with Gasteiger partial charge in [-0.2, -0.15) is 0 Å². The summed E-state index contributed by atoms with van der Waals surface area (Å²) in [4.78, 5) is 2.57. The Balaban J connectivity index is 1.33. The minimum Gasteiger partial charge on any atom is -0.313 e. The van der Waals surface area contributed by atoms with E-state index in [0.717, 1.165) is 12.8 Å². The molecule has 0 amide bonds. The van der Waals surface area contributed by atoms with Gasteiger partial charge < -0.3 is 4.90 Å². The normalized spacial score (nSPS) is 14.4. The molecular weight excluding hydrogens is 540 g/mol. The molecule has 2 heterocycles. The fourth-order valence-corrected chi connectivity index (χ4v) is 7.82. The van der Waals surface area contributed by atoms with E-state index in [0.29, 0.717) is 0 Å². The van der Waals surface area contributed by atoms with Crippen LogP contribution in [0.1, 0.15) is 12.8 Å². The van der Waals surface area contributed by atoms with Crippen molar-refractivity contribution >= 4 is 57.8 Å². The molecule has 0 fully saturated rings. The highest BCUT2D eigenvalue weighted by Crippen LogP contribution is 2.40. The van der Waals surface area contributed by atoms with Crippen molar-refractivity contribution in [2.24, 2.45) is 0 Å². The lowest BCUT2D eigenvalue weighted by molar-refractivity contribution is 1.03. The standard InChI is InChI=1S/C42H31B2N/c1-5-14-30(15-6-1)32-24-26-40-38(28-32)43(34-18-9-3-10-19-34)36-22-13-23-37-42(36)45(40)41-27-25-33(31-16-7-2-8-17-31)29-39(41)44(37)35-20-11-4-12-21-35/h1-3,5-11,13-29H,4,12H2. The number of hydrogen-bond donors (Lipinski definition) is 0. The van der Waals surface area contributed by atoms with Gasteiger partial charge in [0.25, 0.3) is 0 Å². The molecule has 1 nitrogen and oxygen atoms in total. The number of hydrogen-bond acceptors (Lipinski definition) is 1. The molecular formula is C42H31B2N. The van der Waals surface area contributed by atoms with Gasteiger partial charge in [0, 0.05) is 17.1 Å². The van der Waals surface area contributed by atoms with Crippen molar-refractivity contribution in [3.63, 3.8) is 0 Å². The van der Waals surface area contributed by atoms with Crippen molar-refractivity contribution in [3.8, 4) is 22.3 Å². The summed E-state index contributed by atoms with van der Waals surface area (Å²) in [6.45, 7) is 0.311. The smallest absolute Gasteiger partial charge is 0.246 e. The summed E-state index contributed by atoms with van der Waals surface area (Å²) in [5, 5.41) is 0. The Morgan fingerprint density at radius 1 is 0.444 bits per heavy atom. The Hall–Kier alpha value is -5.27. The third-order valence-corrected chi connectivity index (χ3v) is 9.81. The van der Waals surface area contributed by atoms with Crippen LogP contribution in [0.5, 0.6) is 0 Å². The zero-order valence-corrected chi connectivity index (χ0v) is 25.1. The second-order valence-corrected chi connectivity index (χ2v) is 12.4. The van der Waals surface area contributed by atoms with Crippen LogP contribution in [0.3, 0.4) is 0 Å². The van der Waals surface area contributed by atoms with Crippen LogP contribution in [0.4, 0.5) is 17.1 Å². The fourth-order valence-electron chi connectivity index (χ4n) is 7.82. The maximum Gasteiger partial charge on any atom is 0.246 e. The van der Waals surface area contributed by atoms with Crippen LogP contribution >= 0.6 is 0 Å². The van der Waals surface area contributed by atoms with Gasteiger partial charge in [0.05, 0.1) is 0 Å². The summed E-state index contributed by atoms with van der Waals surface area (Å²) < 4.78 is 0. The van der Waals surface area contributed by atoms with Crippen LogP contribution in [0.2, 0.25) is 0 Å². The topological polar surface area (TPSA) is 3.24 Å². The Morgan fingerprint density at radius 3 is 1.58 bits per heavy atom. The molecule has 0 atom stereocenters. The van der Waals surface area contributed by atoms with E-state index in [4.69, 9.17) is 0 Å². The Morgan fingerprint density at radius 2 is 1.00 bits per heavy atom. The van der Waals surface area contributed by atoms with E-state index in [9.17, 15) is 0 Å². The monoisotopic (exact) mass is 571 g/mol. The lowest BCUT2D eigenvalue weighted by Gasteiger charge is -2.44. The van der Waals surface area contributed by atoms with Crippen molar-refractivity contribution in [2.45, 2.75) is 12.8 Å². The van der Waals surface area contributed by atoms with E-state index >= 15 is 0 Å². The largest absolute Gasteiger partial charge is 0.313 e. The Kier molecular flexibility index (Phi) is 6.23. The van der Waals surface area contributed by atoms with Gasteiger partial charge in [-0.25, -0.2) is 0 Å². The van der Waals surface area contributed by atoms with E-state index in [1.165, 1.54) is 72.1 Å². The summed E-state index contributed by atoms with van der Waals surface area (Å²) >= 11 is 0. The molecule has 2 aliphatic heterocycles. The molecule has 45 heavy (non-hydrogen) atoms. The van der Waals surface area contributed by atoms with Gasteiger partial charge >= 0.3 is 0 Å². The minimum absolute atomic E-state index is 0.137. The van der Waals surface area contributed by atoms with Gasteiger partial charge in [-0.3, -0.25) is 0 Å². The maximum absolute atomic E-state index is 2.57. The van der Waals surface area contributed by atoms with E-state index in [1.54, 1.807) is 0 Å². The SMILES string of the molecule is C1=CC(B2c3cc(-c4ccccc4)ccc3N3c4ccc(-c5ccccc5)cc4B(c4ccccc4)c4cccc2c43)=CCC1. The first-order valence-electron chi connectivity index (χ1n) is 16.1. The molecule has 1 aliphatic carbocycles. The molecule has 3 heteroatoms. The molecule has 0 spiro atoms. The van der Waals surface area contributed by atoms with Gasteiger partial charge in [-0.05, 0) is 69.1 Å². The van der Waals surface area contributed by atoms with Crippen LogP contribution in [-0.4, -0.2) is 13.4 Å². The van der Waals surface area contributed by atoms with Gasteiger partial charge in [0.2, 0.25) is 13.4 Å². The highest BCUT2D eigenvalue weighted by molar-refractivity contribution is 7.00. The van der Waals surface area contributed by atoms with Crippen LogP contribution in [0.15, 0.2) is 169 Å². The predicted octanol–water partition coefficient (Wildman–Crippen LogP) is 7.06. The fraction of sp³-hybridized carbons (Fsp3) is 0.0476. The summed E-state index contributed by atoms with van der Waals surface area (Å²) in [6, 6.07) is 53.9. The Bertz CT molecular complexity index is 2120. The molecule has 0 N–H and O–H groups in total. The second-order valence-electron chi connectivity index (χ2n) is 12.4. The predicted molar refractivity (Wildman–Crippen MR) is 195 cm³/mol. The molecule has 0 bridgehead atoms. The average Bonchev–Trinajstić information content (AvgIpc) is 3.12. The van der Waals surface area contributed by atoms with Gasteiger partial charge in [-0.1, -0.05) is 163 Å². The second kappa shape index (κ2) is 10.7. The van der Waals surface area contributed by atoms with Crippen LogP contribution in [0, 0.1) is 0 Å². The van der Waals surface area contributed by atoms with Gasteiger partial charge in [0.15, 0.2) is 0 Å². The molecule has 0 unspecified atom stereocenters. The van der Waals surface area contributed by atoms with Crippen LogP contribution in [0.25, 0.3) is 22.3 Å². The van der Waals surface area contributed by atoms with Crippen molar-refractivity contribution < 1.29 is 0 Å². The molecule has 0 saturated carbocycles. The molecule has 6 aromatic rings. The summed E-state index contributed by atoms with van der Waals surface area (Å²) in [6.07, 6.45) is 9.40. The molecule has 0 saturated heterocycles. The third kappa shape index (κ3) is 4.26. The maximum atomic E-state index is 2.57. The lowest BCUT2D eigenvalue weighted by Crippen LogP contribution is -2.63. The van der Waals surface area contributed by atoms with Crippen molar-refractivity contribution in [2.75, 3.05) is 4.90 Å². The quantitative estimate of drug-likeness (QED) is 0.205. The number of fused-ring (bicyclic) bond motifs is 4. The highest BCUT2D eigenvalue weighted by Gasteiger charge is 2.43. The molecule has 0 radical (unpaired) electrons. The first-order valence-corrected chi connectivity index (χ1v) is 16.1. The van der Waals surface area contributed by atoms with Gasteiger partial charge in [-0.15, -0.1) is 0 Å². The molecule has 6 aromatic carbocycles. The lowest BCUT2D eigenvalue weighted by atomic mass is 9.30. The van der Waals surface area contributed by atoms with Crippen LogP contribution in [-0.2, 0) is 0 Å². The van der Waals surface area contributed by atoms with E-state index in [-0.39, 0.29) is 13.4 Å². The zero-order valence-electron chi connectivity index (χ0n) is 25.1. The summed E-state index contributed by atoms with van der Waals surface area (Å²) in [5.41, 5.74) is 17.1. The van der Waals surface area contributed by atoms with E-state index in [1.807, 2.05) is 0 Å². The average molecular weight is 571 g/mol. The van der Waals surface area contributed by atoms with Crippen molar-refractivity contribution in [1.82, 2.24) is 0 Å². The summed E-state index contributed by atoms with van der Waals surface area (Å²) in [7, 11) is 0. The summed E-state index contributed by atoms with van der Waals surface area (Å²) in [5.74, 6) is 0. The van der Waals surface area contributed by atoms with Crippen LogP contribution < -0.4 is 32.2 Å². The van der Waals surface area contributed by atoms with Crippen molar-refractivity contribution in [3.05, 3.63) is 169 Å². The molecule has 0 aromatic heterocycles. The number of anilines is 3. The highest BCUT2D eigenvalue weighted by atomic mass is 15.2. The third-order valence-electron chi connectivity index (χ3n) is 9.81. The first kappa shape index (κ1) is 26.2. The minimum atomic E-state index is 0.137. The number of allylic oxidation sites excluding steroid dienone is 4. The van der Waals surface area contributed by atoms with E-state index < -0.39 is 0 Å². The number of nitrogens with zero attached hydrogens (tertiary/aromatic N) is 1. The molecule has 3 aliphatic rings. The molecule has 9 rings (SSSR count).